The van der Waals surface area contributed by atoms with Gasteiger partial charge in [-0.25, -0.2) is 4.98 Å². The number of thiazole rings is 1. The van der Waals surface area contributed by atoms with Crippen molar-refractivity contribution in [3.8, 4) is 0 Å². The highest BCUT2D eigenvalue weighted by molar-refractivity contribution is 7.13. The van der Waals surface area contributed by atoms with Crippen LogP contribution >= 0.6 is 11.3 Å². The number of carboxylic acids is 1. The lowest BCUT2D eigenvalue weighted by Gasteiger charge is -2.26. The maximum Gasteiger partial charge on any atom is 0.309 e. The second kappa shape index (κ2) is 6.15. The smallest absolute Gasteiger partial charge is 0.309 e. The first kappa shape index (κ1) is 13.3. The molecule has 0 spiro atoms. The summed E-state index contributed by atoms with van der Waals surface area (Å²) in [5.41, 5.74) is 0.640. The molecule has 18 heavy (non-hydrogen) atoms. The highest BCUT2D eigenvalue weighted by Crippen LogP contribution is 2.23. The highest BCUT2D eigenvalue weighted by Gasteiger charge is 2.17. The minimum absolute atomic E-state index is 0.00160. The van der Waals surface area contributed by atoms with E-state index in [1.807, 2.05) is 12.4 Å². The van der Waals surface area contributed by atoms with E-state index in [1.54, 1.807) is 0 Å². The fourth-order valence-electron chi connectivity index (χ4n) is 2.10. The van der Waals surface area contributed by atoms with Crippen molar-refractivity contribution in [1.82, 2.24) is 4.98 Å². The van der Waals surface area contributed by atoms with Crippen LogP contribution < -0.4 is 4.90 Å². The van der Waals surface area contributed by atoms with Crippen LogP contribution in [0.5, 0.6) is 0 Å². The molecule has 1 aliphatic heterocycles. The molecule has 2 rings (SSSR count). The van der Waals surface area contributed by atoms with Crippen LogP contribution in [0.4, 0.5) is 5.13 Å². The Morgan fingerprint density at radius 3 is 3.00 bits per heavy atom. The molecular formula is C12H18N2O3S. The van der Waals surface area contributed by atoms with Crippen molar-refractivity contribution < 1.29 is 14.6 Å². The Morgan fingerprint density at radius 1 is 1.61 bits per heavy atom. The Balaban J connectivity index is 1.89. The fourth-order valence-corrected chi connectivity index (χ4v) is 2.90. The zero-order valence-corrected chi connectivity index (χ0v) is 11.3. The van der Waals surface area contributed by atoms with E-state index in [1.165, 1.54) is 11.3 Å². The molecule has 1 aromatic heterocycles. The van der Waals surface area contributed by atoms with Crippen LogP contribution in [0.25, 0.3) is 0 Å². The van der Waals surface area contributed by atoms with Crippen molar-refractivity contribution in [2.75, 3.05) is 31.7 Å². The van der Waals surface area contributed by atoms with E-state index in [2.05, 4.69) is 9.88 Å². The maximum absolute atomic E-state index is 10.6. The van der Waals surface area contributed by atoms with E-state index in [9.17, 15) is 4.79 Å². The van der Waals surface area contributed by atoms with Gasteiger partial charge in [-0.2, -0.15) is 0 Å². The summed E-state index contributed by atoms with van der Waals surface area (Å²) in [6.07, 6.45) is 2.19. The van der Waals surface area contributed by atoms with E-state index >= 15 is 0 Å². The average molecular weight is 270 g/mol. The molecule has 1 N–H and O–H groups in total. The number of nitrogens with zero attached hydrogens (tertiary/aromatic N) is 2. The number of hydrogen-bond donors (Lipinski definition) is 1. The molecule has 1 saturated heterocycles. The highest BCUT2D eigenvalue weighted by atomic mass is 32.1. The number of carboxylic acid groups (broad SMARTS) is 1. The van der Waals surface area contributed by atoms with Crippen LogP contribution in [0.15, 0.2) is 5.38 Å². The summed E-state index contributed by atoms with van der Waals surface area (Å²) in [7, 11) is 2.01. The summed E-state index contributed by atoms with van der Waals surface area (Å²) in [6.45, 7) is 2.66. The summed E-state index contributed by atoms with van der Waals surface area (Å²) < 4.78 is 5.34. The number of aromatic nitrogens is 1. The largest absolute Gasteiger partial charge is 0.481 e. The lowest BCUT2D eigenvalue weighted by atomic mass is 10.0. The second-order valence-electron chi connectivity index (χ2n) is 4.63. The maximum atomic E-state index is 10.6. The van der Waals surface area contributed by atoms with Gasteiger partial charge in [-0.1, -0.05) is 0 Å². The van der Waals surface area contributed by atoms with Gasteiger partial charge in [-0.3, -0.25) is 4.79 Å². The SMILES string of the molecule is CN(CC1CCOCC1)c1nc(CC(=O)O)cs1. The van der Waals surface area contributed by atoms with Gasteiger partial charge in [0.25, 0.3) is 0 Å². The quantitative estimate of drug-likeness (QED) is 0.881. The first-order valence-electron chi connectivity index (χ1n) is 6.10. The molecule has 0 amide bonds. The minimum atomic E-state index is -0.834. The van der Waals surface area contributed by atoms with Crippen molar-refractivity contribution >= 4 is 22.4 Å². The standard InChI is InChI=1S/C12H18N2O3S/c1-14(7-9-2-4-17-5-3-9)12-13-10(8-18-12)6-11(15)16/h8-9H,2-7H2,1H3,(H,15,16). The van der Waals surface area contributed by atoms with Gasteiger partial charge in [-0.05, 0) is 18.8 Å². The Morgan fingerprint density at radius 2 is 2.33 bits per heavy atom. The first-order valence-corrected chi connectivity index (χ1v) is 6.98. The third kappa shape index (κ3) is 3.68. The molecule has 0 aliphatic carbocycles. The van der Waals surface area contributed by atoms with Crippen LogP contribution in [0.1, 0.15) is 18.5 Å². The van der Waals surface area contributed by atoms with Crippen molar-refractivity contribution in [2.24, 2.45) is 5.92 Å². The molecule has 0 bridgehead atoms. The second-order valence-corrected chi connectivity index (χ2v) is 5.46. The molecule has 0 unspecified atom stereocenters. The van der Waals surface area contributed by atoms with Gasteiger partial charge in [0.2, 0.25) is 0 Å². The third-order valence-corrected chi connectivity index (χ3v) is 4.08. The molecule has 1 aliphatic rings. The van der Waals surface area contributed by atoms with Crippen LogP contribution in [-0.4, -0.2) is 42.9 Å². The zero-order chi connectivity index (χ0) is 13.0. The van der Waals surface area contributed by atoms with Crippen molar-refractivity contribution in [2.45, 2.75) is 19.3 Å². The van der Waals surface area contributed by atoms with Gasteiger partial charge in [0.05, 0.1) is 12.1 Å². The van der Waals surface area contributed by atoms with E-state index < -0.39 is 5.97 Å². The Hall–Kier alpha value is -1.14. The van der Waals surface area contributed by atoms with E-state index in [4.69, 9.17) is 9.84 Å². The van der Waals surface area contributed by atoms with Gasteiger partial charge in [0, 0.05) is 32.2 Å². The van der Waals surface area contributed by atoms with Crippen molar-refractivity contribution in [3.05, 3.63) is 11.1 Å². The van der Waals surface area contributed by atoms with Crippen molar-refractivity contribution in [1.29, 1.82) is 0 Å². The number of rotatable bonds is 5. The lowest BCUT2D eigenvalue weighted by molar-refractivity contribution is -0.136. The first-order chi connectivity index (χ1) is 8.65. The summed E-state index contributed by atoms with van der Waals surface area (Å²) in [6, 6.07) is 0. The summed E-state index contributed by atoms with van der Waals surface area (Å²) in [5, 5.41) is 11.4. The van der Waals surface area contributed by atoms with Gasteiger partial charge < -0.3 is 14.7 Å². The van der Waals surface area contributed by atoms with Gasteiger partial charge in [0.1, 0.15) is 0 Å². The number of carbonyl (C=O) groups is 1. The minimum Gasteiger partial charge on any atom is -0.481 e. The molecule has 0 aromatic carbocycles. The topological polar surface area (TPSA) is 62.7 Å². The average Bonchev–Trinajstić information content (AvgIpc) is 2.78. The van der Waals surface area contributed by atoms with Gasteiger partial charge in [0.15, 0.2) is 5.13 Å². The predicted octanol–water partition coefficient (Wildman–Crippen LogP) is 1.63. The molecule has 5 nitrogen and oxygen atoms in total. The molecule has 0 atom stereocenters. The van der Waals surface area contributed by atoms with Crippen LogP contribution in [0.2, 0.25) is 0 Å². The Kier molecular flexibility index (Phi) is 4.54. The molecule has 100 valence electrons. The Bertz CT molecular complexity index is 402. The molecule has 2 heterocycles. The van der Waals surface area contributed by atoms with E-state index in [0.29, 0.717) is 11.6 Å². The van der Waals surface area contributed by atoms with Gasteiger partial charge >= 0.3 is 5.97 Å². The summed E-state index contributed by atoms with van der Waals surface area (Å²) in [5.74, 6) is -0.186. The number of aliphatic carboxylic acids is 1. The Labute approximate surface area is 110 Å². The summed E-state index contributed by atoms with van der Waals surface area (Å²) in [4.78, 5) is 17.1. The van der Waals surface area contributed by atoms with Crippen LogP contribution in [-0.2, 0) is 16.0 Å². The number of ether oxygens (including phenoxy) is 1. The molecule has 1 aromatic rings. The zero-order valence-electron chi connectivity index (χ0n) is 10.5. The van der Waals surface area contributed by atoms with E-state index in [0.717, 1.165) is 37.7 Å². The van der Waals surface area contributed by atoms with Gasteiger partial charge in [-0.15, -0.1) is 11.3 Å². The molecular weight excluding hydrogens is 252 g/mol. The number of hydrogen-bond acceptors (Lipinski definition) is 5. The normalized spacial score (nSPS) is 16.7. The lowest BCUT2D eigenvalue weighted by Crippen LogP contribution is -2.29. The third-order valence-electron chi connectivity index (χ3n) is 3.07. The fraction of sp³-hybridized carbons (Fsp3) is 0.667. The van der Waals surface area contributed by atoms with Crippen LogP contribution in [0, 0.1) is 5.92 Å². The molecule has 0 saturated carbocycles. The van der Waals surface area contributed by atoms with E-state index in [-0.39, 0.29) is 6.42 Å². The molecule has 1 fully saturated rings. The summed E-state index contributed by atoms with van der Waals surface area (Å²) >= 11 is 1.51. The van der Waals surface area contributed by atoms with Crippen molar-refractivity contribution in [3.63, 3.8) is 0 Å². The molecule has 6 heteroatoms. The molecule has 0 radical (unpaired) electrons. The monoisotopic (exact) mass is 270 g/mol. The number of anilines is 1. The van der Waals surface area contributed by atoms with Crippen LogP contribution in [0.3, 0.4) is 0 Å². The predicted molar refractivity (Wildman–Crippen MR) is 70.3 cm³/mol.